The number of hydrogen-bond donors (Lipinski definition) is 2. The van der Waals surface area contributed by atoms with Gasteiger partial charge in [-0.1, -0.05) is 19.4 Å². The summed E-state index contributed by atoms with van der Waals surface area (Å²) in [7, 11) is 1.59. The van der Waals surface area contributed by atoms with Gasteiger partial charge in [0.05, 0.1) is 7.11 Å². The van der Waals surface area contributed by atoms with E-state index in [-0.39, 0.29) is 23.5 Å². The number of carbonyl (C=O) groups is 2. The van der Waals surface area contributed by atoms with E-state index in [1.807, 2.05) is 17.0 Å². The largest absolute Gasteiger partial charge is 0.507 e. The molecular formula is C23H35N3O4. The molecule has 0 saturated carbocycles. The number of phenolic OH excluding ortho intramolecular Hbond substituents is 1. The molecule has 0 radical (unpaired) electrons. The van der Waals surface area contributed by atoms with Crippen molar-refractivity contribution in [2.24, 2.45) is 23.5 Å². The second kappa shape index (κ2) is 10.2. The number of piperidine rings is 2. The van der Waals surface area contributed by atoms with E-state index in [4.69, 9.17) is 10.5 Å². The summed E-state index contributed by atoms with van der Waals surface area (Å²) in [6.45, 7) is 6.02. The van der Waals surface area contributed by atoms with Crippen LogP contribution in [0.1, 0.15) is 44.6 Å². The first-order valence-electron chi connectivity index (χ1n) is 11.1. The summed E-state index contributed by atoms with van der Waals surface area (Å²) < 4.78 is 5.16. The maximum Gasteiger partial charge on any atom is 0.222 e. The molecule has 7 nitrogen and oxygen atoms in total. The van der Waals surface area contributed by atoms with E-state index in [0.29, 0.717) is 56.5 Å². The van der Waals surface area contributed by atoms with Crippen LogP contribution in [0.5, 0.6) is 11.5 Å². The third kappa shape index (κ3) is 5.45. The molecule has 2 heterocycles. The second-order valence-electron chi connectivity index (χ2n) is 8.71. The van der Waals surface area contributed by atoms with Crippen molar-refractivity contribution in [3.05, 3.63) is 23.8 Å². The van der Waals surface area contributed by atoms with Crippen molar-refractivity contribution in [2.75, 3.05) is 33.3 Å². The Kier molecular flexibility index (Phi) is 7.58. The minimum absolute atomic E-state index is 0.0879. The molecule has 1 aromatic rings. The van der Waals surface area contributed by atoms with Gasteiger partial charge in [0, 0.05) is 50.1 Å². The number of phenols is 1. The molecule has 0 unspecified atom stereocenters. The van der Waals surface area contributed by atoms with Gasteiger partial charge >= 0.3 is 0 Å². The summed E-state index contributed by atoms with van der Waals surface area (Å²) in [5.74, 6) is 1.64. The van der Waals surface area contributed by atoms with Crippen LogP contribution in [0.15, 0.2) is 18.2 Å². The van der Waals surface area contributed by atoms with E-state index >= 15 is 0 Å². The van der Waals surface area contributed by atoms with Gasteiger partial charge in [-0.2, -0.15) is 0 Å². The second-order valence-corrected chi connectivity index (χ2v) is 8.71. The highest BCUT2D eigenvalue weighted by molar-refractivity contribution is 5.79. The van der Waals surface area contributed by atoms with Gasteiger partial charge in [0.25, 0.3) is 0 Å². The molecule has 2 amide bonds. The lowest BCUT2D eigenvalue weighted by Crippen LogP contribution is -2.45. The van der Waals surface area contributed by atoms with Gasteiger partial charge in [0.15, 0.2) is 0 Å². The van der Waals surface area contributed by atoms with Crippen molar-refractivity contribution >= 4 is 11.8 Å². The predicted molar refractivity (Wildman–Crippen MR) is 115 cm³/mol. The minimum Gasteiger partial charge on any atom is -0.507 e. The number of nitrogens with zero attached hydrogens (tertiary/aromatic N) is 2. The van der Waals surface area contributed by atoms with E-state index in [2.05, 4.69) is 11.8 Å². The molecular weight excluding hydrogens is 382 g/mol. The van der Waals surface area contributed by atoms with Crippen LogP contribution in [-0.4, -0.2) is 60.0 Å². The topological polar surface area (TPSA) is 96.1 Å². The van der Waals surface area contributed by atoms with Crippen LogP contribution in [-0.2, 0) is 16.1 Å². The molecule has 0 aliphatic carbocycles. The van der Waals surface area contributed by atoms with E-state index in [9.17, 15) is 14.7 Å². The Morgan fingerprint density at radius 2 is 1.90 bits per heavy atom. The van der Waals surface area contributed by atoms with Crippen LogP contribution >= 0.6 is 0 Å². The lowest BCUT2D eigenvalue weighted by molar-refractivity contribution is -0.136. The van der Waals surface area contributed by atoms with E-state index < -0.39 is 0 Å². The zero-order valence-corrected chi connectivity index (χ0v) is 18.2. The quantitative estimate of drug-likeness (QED) is 0.710. The molecule has 0 aromatic heterocycles. The minimum atomic E-state index is -0.247. The molecule has 7 heteroatoms. The molecule has 1 aromatic carbocycles. The van der Waals surface area contributed by atoms with Gasteiger partial charge in [-0.25, -0.2) is 0 Å². The van der Waals surface area contributed by atoms with E-state index in [1.54, 1.807) is 13.2 Å². The summed E-state index contributed by atoms with van der Waals surface area (Å²) in [6.07, 6.45) is 3.97. The van der Waals surface area contributed by atoms with Crippen LogP contribution in [0.4, 0.5) is 0 Å². The Morgan fingerprint density at radius 1 is 1.17 bits per heavy atom. The maximum atomic E-state index is 12.8. The van der Waals surface area contributed by atoms with Gasteiger partial charge in [-0.3, -0.25) is 14.5 Å². The number of aromatic hydroxyl groups is 1. The van der Waals surface area contributed by atoms with Crippen LogP contribution in [0.25, 0.3) is 0 Å². The van der Waals surface area contributed by atoms with Gasteiger partial charge in [-0.15, -0.1) is 0 Å². The van der Waals surface area contributed by atoms with Crippen molar-refractivity contribution in [3.63, 3.8) is 0 Å². The van der Waals surface area contributed by atoms with Gasteiger partial charge < -0.3 is 20.5 Å². The molecule has 166 valence electrons. The average Bonchev–Trinajstić information content (AvgIpc) is 2.76. The number of ether oxygens (including phenoxy) is 1. The molecule has 2 aliphatic rings. The summed E-state index contributed by atoms with van der Waals surface area (Å²) in [5.41, 5.74) is 6.30. The van der Waals surface area contributed by atoms with Crippen molar-refractivity contribution in [1.29, 1.82) is 0 Å². The Balaban J connectivity index is 1.52. The number of carbonyl (C=O) groups excluding carboxylic acids is 2. The number of likely N-dealkylation sites (tertiary alicyclic amines) is 2. The third-order valence-electron chi connectivity index (χ3n) is 6.87. The van der Waals surface area contributed by atoms with Gasteiger partial charge in [-0.05, 0) is 43.7 Å². The zero-order chi connectivity index (χ0) is 21.7. The molecule has 0 spiro atoms. The summed E-state index contributed by atoms with van der Waals surface area (Å²) >= 11 is 0. The highest BCUT2D eigenvalue weighted by Crippen LogP contribution is 2.32. The Morgan fingerprint density at radius 3 is 2.50 bits per heavy atom. The molecule has 0 bridgehead atoms. The summed E-state index contributed by atoms with van der Waals surface area (Å²) in [5, 5.41) is 10.3. The first-order valence-corrected chi connectivity index (χ1v) is 11.1. The zero-order valence-electron chi connectivity index (χ0n) is 18.2. The standard InChI is InChI=1S/C23H35N3O4/c1-3-16-14-25(15-19-4-5-20(30-2)13-21(19)27)9-6-18(16)12-22(28)26-10-7-17(8-11-26)23(24)29/h4-5,13,16-18,27H,3,6-12,14-15H2,1-2H3,(H2,24,29)/t16-,18-/m0/s1. The van der Waals surface area contributed by atoms with Crippen LogP contribution in [0, 0.1) is 17.8 Å². The first kappa shape index (κ1) is 22.4. The van der Waals surface area contributed by atoms with Crippen LogP contribution < -0.4 is 10.5 Å². The lowest BCUT2D eigenvalue weighted by Gasteiger charge is -2.39. The van der Waals surface area contributed by atoms with E-state index in [0.717, 1.165) is 31.5 Å². The molecule has 2 atom stereocenters. The number of rotatable bonds is 7. The number of hydrogen-bond acceptors (Lipinski definition) is 5. The average molecular weight is 418 g/mol. The number of amides is 2. The van der Waals surface area contributed by atoms with E-state index in [1.165, 1.54) is 0 Å². The van der Waals surface area contributed by atoms with Gasteiger partial charge in [0.2, 0.25) is 11.8 Å². The highest BCUT2D eigenvalue weighted by Gasteiger charge is 2.32. The van der Waals surface area contributed by atoms with Crippen molar-refractivity contribution in [2.45, 2.75) is 45.6 Å². The number of nitrogens with two attached hydrogens (primary N) is 1. The van der Waals surface area contributed by atoms with Crippen LogP contribution in [0.2, 0.25) is 0 Å². The highest BCUT2D eigenvalue weighted by atomic mass is 16.5. The Bertz CT molecular complexity index is 746. The molecule has 30 heavy (non-hydrogen) atoms. The normalized spacial score (nSPS) is 23.3. The monoisotopic (exact) mass is 417 g/mol. The van der Waals surface area contributed by atoms with Crippen molar-refractivity contribution in [1.82, 2.24) is 9.80 Å². The smallest absolute Gasteiger partial charge is 0.222 e. The van der Waals surface area contributed by atoms with Crippen molar-refractivity contribution in [3.8, 4) is 11.5 Å². The maximum absolute atomic E-state index is 12.8. The number of primary amides is 1. The first-order chi connectivity index (χ1) is 14.4. The lowest BCUT2D eigenvalue weighted by atomic mass is 9.81. The molecule has 3 N–H and O–H groups in total. The van der Waals surface area contributed by atoms with Crippen LogP contribution in [0.3, 0.4) is 0 Å². The predicted octanol–water partition coefficient (Wildman–Crippen LogP) is 2.36. The fourth-order valence-electron chi connectivity index (χ4n) is 4.84. The summed E-state index contributed by atoms with van der Waals surface area (Å²) in [4.78, 5) is 28.5. The Labute approximate surface area is 179 Å². The SMILES string of the molecule is CC[C@H]1CN(Cc2ccc(OC)cc2O)CC[C@H]1CC(=O)N1CCC(C(N)=O)CC1. The van der Waals surface area contributed by atoms with Crippen molar-refractivity contribution < 1.29 is 19.4 Å². The number of benzene rings is 1. The fourth-order valence-corrected chi connectivity index (χ4v) is 4.84. The number of methoxy groups -OCH3 is 1. The van der Waals surface area contributed by atoms with Gasteiger partial charge in [0.1, 0.15) is 11.5 Å². The molecule has 2 aliphatic heterocycles. The Hall–Kier alpha value is -2.28. The molecule has 2 saturated heterocycles. The molecule has 2 fully saturated rings. The third-order valence-corrected chi connectivity index (χ3v) is 6.87. The fraction of sp³-hybridized carbons (Fsp3) is 0.652. The summed E-state index contributed by atoms with van der Waals surface area (Å²) in [6, 6.07) is 5.44. The molecule has 3 rings (SSSR count).